The molecule has 10 heteroatoms. The van der Waals surface area contributed by atoms with Crippen molar-refractivity contribution in [2.45, 2.75) is 30.1 Å². The van der Waals surface area contributed by atoms with Crippen LogP contribution in [0.1, 0.15) is 33.0 Å². The first-order valence-corrected chi connectivity index (χ1v) is 9.53. The van der Waals surface area contributed by atoms with Crippen molar-refractivity contribution in [2.24, 2.45) is 0 Å². The van der Waals surface area contributed by atoms with Crippen molar-refractivity contribution in [3.8, 4) is 0 Å². The van der Waals surface area contributed by atoms with Gasteiger partial charge in [0.2, 0.25) is 5.13 Å². The van der Waals surface area contributed by atoms with E-state index < -0.39 is 11.7 Å². The zero-order chi connectivity index (χ0) is 19.6. The lowest BCUT2D eigenvalue weighted by Gasteiger charge is -2.06. The summed E-state index contributed by atoms with van der Waals surface area (Å²) in [5, 5.41) is 10.9. The van der Waals surface area contributed by atoms with Crippen LogP contribution in [0, 0.1) is 13.8 Å². The fourth-order valence-electron chi connectivity index (χ4n) is 2.27. The Morgan fingerprint density at radius 2 is 1.93 bits per heavy atom. The quantitative estimate of drug-likeness (QED) is 0.453. The molecule has 0 saturated carbocycles. The van der Waals surface area contributed by atoms with Gasteiger partial charge in [0.15, 0.2) is 4.34 Å². The van der Waals surface area contributed by atoms with Crippen LogP contribution >= 0.6 is 23.1 Å². The van der Waals surface area contributed by atoms with Gasteiger partial charge in [-0.15, -0.1) is 10.2 Å². The van der Waals surface area contributed by atoms with E-state index in [0.29, 0.717) is 32.3 Å². The molecule has 2 heterocycles. The van der Waals surface area contributed by atoms with Crippen molar-refractivity contribution in [3.63, 3.8) is 0 Å². The van der Waals surface area contributed by atoms with Gasteiger partial charge in [-0.3, -0.25) is 10.1 Å². The van der Waals surface area contributed by atoms with Crippen LogP contribution in [0.25, 0.3) is 0 Å². The molecule has 1 N–H and O–H groups in total. The lowest BCUT2D eigenvalue weighted by atomic mass is 10.1. The lowest BCUT2D eigenvalue weighted by molar-refractivity contribution is -0.137. The third kappa shape index (κ3) is 4.89. The molecule has 0 unspecified atom stereocenters. The number of furan rings is 1. The van der Waals surface area contributed by atoms with Crippen molar-refractivity contribution in [2.75, 3.05) is 5.32 Å². The summed E-state index contributed by atoms with van der Waals surface area (Å²) in [6.07, 6.45) is -4.34. The molecule has 0 radical (unpaired) electrons. The standard InChI is InChI=1S/C17H14F3N3O2S2/c1-9-7-13(10(2)25-9)14(24)21-15-22-23-16(27-15)26-8-11-3-5-12(6-4-11)17(18,19)20/h3-7H,8H2,1-2H3,(H,21,22,24). The van der Waals surface area contributed by atoms with E-state index in [0.717, 1.165) is 17.7 Å². The Balaban J connectivity index is 1.58. The summed E-state index contributed by atoms with van der Waals surface area (Å²) in [7, 11) is 0. The number of anilines is 1. The highest BCUT2D eigenvalue weighted by Crippen LogP contribution is 2.31. The zero-order valence-electron chi connectivity index (χ0n) is 14.3. The zero-order valence-corrected chi connectivity index (χ0v) is 15.9. The average molecular weight is 413 g/mol. The van der Waals surface area contributed by atoms with Gasteiger partial charge in [0.1, 0.15) is 11.5 Å². The molecule has 2 aromatic heterocycles. The van der Waals surface area contributed by atoms with Crippen LogP contribution in [0.5, 0.6) is 0 Å². The van der Waals surface area contributed by atoms with E-state index in [1.807, 2.05) is 0 Å². The Labute approximate surface area is 161 Å². The molecule has 0 atom stereocenters. The molecule has 0 aliphatic rings. The van der Waals surface area contributed by atoms with Crippen molar-refractivity contribution < 1.29 is 22.4 Å². The summed E-state index contributed by atoms with van der Waals surface area (Å²) in [4.78, 5) is 12.2. The molecule has 0 aliphatic carbocycles. The van der Waals surface area contributed by atoms with Gasteiger partial charge >= 0.3 is 6.18 Å². The van der Waals surface area contributed by atoms with Crippen LogP contribution in [0.15, 0.2) is 39.1 Å². The van der Waals surface area contributed by atoms with Crippen molar-refractivity contribution in [1.29, 1.82) is 0 Å². The number of aromatic nitrogens is 2. The first kappa shape index (κ1) is 19.4. The topological polar surface area (TPSA) is 68.0 Å². The Kier molecular flexibility index (Phi) is 5.56. The molecule has 3 rings (SSSR count). The van der Waals surface area contributed by atoms with Gasteiger partial charge in [0.05, 0.1) is 11.1 Å². The molecular weight excluding hydrogens is 399 g/mol. The number of hydrogen-bond acceptors (Lipinski definition) is 6. The summed E-state index contributed by atoms with van der Waals surface area (Å²) in [6.45, 7) is 3.46. The molecule has 27 heavy (non-hydrogen) atoms. The first-order valence-electron chi connectivity index (χ1n) is 7.73. The fourth-order valence-corrected chi connectivity index (χ4v) is 3.98. The third-order valence-electron chi connectivity index (χ3n) is 3.56. The van der Waals surface area contributed by atoms with E-state index in [-0.39, 0.29) is 5.91 Å². The highest BCUT2D eigenvalue weighted by molar-refractivity contribution is 8.00. The van der Waals surface area contributed by atoms with Gasteiger partial charge in [-0.2, -0.15) is 13.2 Å². The van der Waals surface area contributed by atoms with Crippen molar-refractivity contribution in [1.82, 2.24) is 10.2 Å². The minimum absolute atomic E-state index is 0.334. The summed E-state index contributed by atoms with van der Waals surface area (Å²) in [6, 6.07) is 6.62. The molecule has 0 aliphatic heterocycles. The number of thioether (sulfide) groups is 1. The number of amides is 1. The number of alkyl halides is 3. The van der Waals surface area contributed by atoms with Gasteiger partial charge in [-0.05, 0) is 37.6 Å². The number of carbonyl (C=O) groups excluding carboxylic acids is 1. The SMILES string of the molecule is Cc1cc(C(=O)Nc2nnc(SCc3ccc(C(F)(F)F)cc3)s2)c(C)o1. The molecule has 0 bridgehead atoms. The van der Waals surface area contributed by atoms with Crippen LogP contribution in [0.4, 0.5) is 18.3 Å². The van der Waals surface area contributed by atoms with Crippen molar-refractivity contribution >= 4 is 34.1 Å². The van der Waals surface area contributed by atoms with Gasteiger partial charge in [0.25, 0.3) is 5.91 Å². The summed E-state index contributed by atoms with van der Waals surface area (Å²) < 4.78 is 43.6. The van der Waals surface area contributed by atoms with E-state index in [1.165, 1.54) is 35.2 Å². The Bertz CT molecular complexity index is 949. The third-order valence-corrected chi connectivity index (χ3v) is 5.60. The normalized spacial score (nSPS) is 11.6. The summed E-state index contributed by atoms with van der Waals surface area (Å²) in [5.41, 5.74) is 0.488. The highest BCUT2D eigenvalue weighted by Gasteiger charge is 2.29. The molecule has 1 aromatic carbocycles. The maximum Gasteiger partial charge on any atom is 0.416 e. The lowest BCUT2D eigenvalue weighted by Crippen LogP contribution is -2.11. The van der Waals surface area contributed by atoms with Gasteiger partial charge in [-0.25, -0.2) is 0 Å². The molecule has 5 nitrogen and oxygen atoms in total. The number of aryl methyl sites for hydroxylation is 2. The molecule has 0 spiro atoms. The number of benzene rings is 1. The van der Waals surface area contributed by atoms with Crippen LogP contribution in [-0.2, 0) is 11.9 Å². The Morgan fingerprint density at radius 1 is 1.22 bits per heavy atom. The predicted molar refractivity (Wildman–Crippen MR) is 97.0 cm³/mol. The molecule has 142 valence electrons. The predicted octanol–water partition coefficient (Wildman–Crippen LogP) is 5.31. The van der Waals surface area contributed by atoms with Crippen LogP contribution in [0.3, 0.4) is 0 Å². The Morgan fingerprint density at radius 3 is 2.52 bits per heavy atom. The fraction of sp³-hybridized carbons (Fsp3) is 0.235. The second kappa shape index (κ2) is 7.73. The van der Waals surface area contributed by atoms with E-state index >= 15 is 0 Å². The highest BCUT2D eigenvalue weighted by atomic mass is 32.2. The number of hydrogen-bond donors (Lipinski definition) is 1. The van der Waals surface area contributed by atoms with Gasteiger partial charge < -0.3 is 4.42 Å². The maximum atomic E-state index is 12.6. The second-order valence-corrected chi connectivity index (χ2v) is 7.84. The smallest absolute Gasteiger partial charge is 0.416 e. The van der Waals surface area contributed by atoms with Gasteiger partial charge in [-0.1, -0.05) is 35.2 Å². The maximum absolute atomic E-state index is 12.6. The molecule has 1 amide bonds. The van der Waals surface area contributed by atoms with Crippen LogP contribution in [-0.4, -0.2) is 16.1 Å². The number of nitrogens with one attached hydrogen (secondary N) is 1. The minimum atomic E-state index is -4.34. The second-order valence-electron chi connectivity index (χ2n) is 5.64. The number of carbonyl (C=O) groups is 1. The van der Waals surface area contributed by atoms with E-state index in [2.05, 4.69) is 15.5 Å². The van der Waals surface area contributed by atoms with Crippen LogP contribution in [0.2, 0.25) is 0 Å². The monoisotopic (exact) mass is 413 g/mol. The summed E-state index contributed by atoms with van der Waals surface area (Å²) >= 11 is 2.53. The molecule has 0 saturated heterocycles. The number of nitrogens with zero attached hydrogens (tertiary/aromatic N) is 2. The van der Waals surface area contributed by atoms with Gasteiger partial charge in [0, 0.05) is 5.75 Å². The average Bonchev–Trinajstić information content (AvgIpc) is 3.18. The van der Waals surface area contributed by atoms with E-state index in [9.17, 15) is 18.0 Å². The molecular formula is C17H14F3N3O2S2. The van der Waals surface area contributed by atoms with Crippen molar-refractivity contribution in [3.05, 3.63) is 58.5 Å². The molecule has 0 fully saturated rings. The van der Waals surface area contributed by atoms with E-state index in [1.54, 1.807) is 19.9 Å². The minimum Gasteiger partial charge on any atom is -0.466 e. The summed E-state index contributed by atoms with van der Waals surface area (Å²) in [5.74, 6) is 1.27. The molecule has 3 aromatic rings. The number of halogens is 3. The van der Waals surface area contributed by atoms with Crippen LogP contribution < -0.4 is 5.32 Å². The Hall–Kier alpha value is -2.33. The largest absolute Gasteiger partial charge is 0.466 e. The first-order chi connectivity index (χ1) is 12.7. The van der Waals surface area contributed by atoms with E-state index in [4.69, 9.17) is 4.42 Å². The number of rotatable bonds is 5.